The Hall–Kier alpha value is -1.82. The van der Waals surface area contributed by atoms with E-state index in [4.69, 9.17) is 10.2 Å². The van der Waals surface area contributed by atoms with Crippen LogP contribution in [0.2, 0.25) is 0 Å². The molecule has 0 bridgehead atoms. The number of nitriles is 1. The van der Waals surface area contributed by atoms with Crippen molar-refractivity contribution in [2.45, 2.75) is 59.9 Å². The number of benzene rings is 1. The zero-order valence-corrected chi connectivity index (χ0v) is 13.8. The third-order valence-corrected chi connectivity index (χ3v) is 4.42. The fourth-order valence-corrected chi connectivity index (χ4v) is 2.87. The third kappa shape index (κ3) is 2.95. The Bertz CT molecular complexity index is 672. The van der Waals surface area contributed by atoms with Gasteiger partial charge in [0, 0.05) is 12.5 Å². The standard InChI is InChI=1S/C18H25N3/c1-6-15(7-2)18-20-16-8-13(4)14(5)9-17(16)21(18)11-12(3)10-19/h8-9,12,15H,6-7,11H2,1-5H3. The van der Waals surface area contributed by atoms with Crippen LogP contribution >= 0.6 is 0 Å². The molecule has 2 rings (SSSR count). The zero-order chi connectivity index (χ0) is 15.6. The SMILES string of the molecule is CCC(CC)c1nc2cc(C)c(C)cc2n1CC(C)C#N. The van der Waals surface area contributed by atoms with Crippen LogP contribution in [0, 0.1) is 31.1 Å². The van der Waals surface area contributed by atoms with E-state index in [9.17, 15) is 0 Å². The molecule has 3 nitrogen and oxygen atoms in total. The summed E-state index contributed by atoms with van der Waals surface area (Å²) in [5, 5.41) is 9.16. The first kappa shape index (κ1) is 15.6. The van der Waals surface area contributed by atoms with Crippen molar-refractivity contribution < 1.29 is 0 Å². The second-order valence-corrected chi connectivity index (χ2v) is 6.05. The molecule has 2 aromatic rings. The molecular weight excluding hydrogens is 258 g/mol. The normalized spacial score (nSPS) is 12.8. The number of hydrogen-bond donors (Lipinski definition) is 0. The molecule has 112 valence electrons. The Morgan fingerprint density at radius 1 is 1.19 bits per heavy atom. The molecule has 0 spiro atoms. The molecule has 0 saturated carbocycles. The molecule has 1 aromatic carbocycles. The summed E-state index contributed by atoms with van der Waals surface area (Å²) in [4.78, 5) is 4.90. The molecule has 0 aliphatic heterocycles. The lowest BCUT2D eigenvalue weighted by Crippen LogP contribution is -2.12. The van der Waals surface area contributed by atoms with Gasteiger partial charge in [0.1, 0.15) is 5.82 Å². The molecule has 0 aliphatic carbocycles. The molecular formula is C18H25N3. The van der Waals surface area contributed by atoms with E-state index in [1.54, 1.807) is 0 Å². The second kappa shape index (κ2) is 6.30. The van der Waals surface area contributed by atoms with Crippen molar-refractivity contribution in [1.82, 2.24) is 9.55 Å². The lowest BCUT2D eigenvalue weighted by atomic mass is 10.0. The smallest absolute Gasteiger partial charge is 0.113 e. The molecule has 0 radical (unpaired) electrons. The highest BCUT2D eigenvalue weighted by atomic mass is 15.1. The van der Waals surface area contributed by atoms with Crippen LogP contribution in [0.3, 0.4) is 0 Å². The average Bonchev–Trinajstić information content (AvgIpc) is 2.79. The molecule has 1 unspecified atom stereocenters. The van der Waals surface area contributed by atoms with Gasteiger partial charge in [-0.1, -0.05) is 13.8 Å². The number of aromatic nitrogens is 2. The summed E-state index contributed by atoms with van der Waals surface area (Å²) >= 11 is 0. The maximum absolute atomic E-state index is 9.16. The van der Waals surface area contributed by atoms with Gasteiger partial charge < -0.3 is 4.57 Å². The quantitative estimate of drug-likeness (QED) is 0.797. The van der Waals surface area contributed by atoms with E-state index in [2.05, 4.69) is 50.5 Å². The predicted molar refractivity (Wildman–Crippen MR) is 87.3 cm³/mol. The Morgan fingerprint density at radius 3 is 2.38 bits per heavy atom. The fourth-order valence-electron chi connectivity index (χ4n) is 2.87. The van der Waals surface area contributed by atoms with Crippen LogP contribution in [0.15, 0.2) is 12.1 Å². The number of fused-ring (bicyclic) bond motifs is 1. The molecule has 0 aliphatic rings. The maximum atomic E-state index is 9.16. The third-order valence-electron chi connectivity index (χ3n) is 4.42. The van der Waals surface area contributed by atoms with Crippen LogP contribution in [0.5, 0.6) is 0 Å². The van der Waals surface area contributed by atoms with Gasteiger partial charge in [-0.05, 0) is 56.9 Å². The largest absolute Gasteiger partial charge is 0.326 e. The minimum absolute atomic E-state index is 0.00267. The Labute approximate surface area is 127 Å². The summed E-state index contributed by atoms with van der Waals surface area (Å²) in [7, 11) is 0. The highest BCUT2D eigenvalue weighted by Gasteiger charge is 2.19. The molecule has 1 atom stereocenters. The van der Waals surface area contributed by atoms with Crippen LogP contribution in [0.25, 0.3) is 11.0 Å². The van der Waals surface area contributed by atoms with Crippen LogP contribution < -0.4 is 0 Å². The van der Waals surface area contributed by atoms with Crippen LogP contribution in [-0.2, 0) is 6.54 Å². The molecule has 1 heterocycles. The Morgan fingerprint density at radius 2 is 1.81 bits per heavy atom. The lowest BCUT2D eigenvalue weighted by Gasteiger charge is -2.16. The van der Waals surface area contributed by atoms with Crippen LogP contribution in [0.1, 0.15) is 56.5 Å². The van der Waals surface area contributed by atoms with E-state index < -0.39 is 0 Å². The van der Waals surface area contributed by atoms with E-state index in [-0.39, 0.29) is 5.92 Å². The van der Waals surface area contributed by atoms with Crippen molar-refractivity contribution >= 4 is 11.0 Å². The molecule has 0 fully saturated rings. The summed E-state index contributed by atoms with van der Waals surface area (Å²) < 4.78 is 2.27. The fraction of sp³-hybridized carbons (Fsp3) is 0.556. The van der Waals surface area contributed by atoms with E-state index in [0.717, 1.165) is 30.7 Å². The topological polar surface area (TPSA) is 41.6 Å². The van der Waals surface area contributed by atoms with Crippen molar-refractivity contribution in [2.75, 3.05) is 0 Å². The number of imidazole rings is 1. The van der Waals surface area contributed by atoms with Gasteiger partial charge in [0.2, 0.25) is 0 Å². The first-order valence-corrected chi connectivity index (χ1v) is 7.88. The minimum Gasteiger partial charge on any atom is -0.326 e. The second-order valence-electron chi connectivity index (χ2n) is 6.05. The van der Waals surface area contributed by atoms with Gasteiger partial charge in [-0.15, -0.1) is 0 Å². The predicted octanol–water partition coefficient (Wildman–Crippen LogP) is 4.72. The summed E-state index contributed by atoms with van der Waals surface area (Å²) in [5.41, 5.74) is 4.79. The summed E-state index contributed by atoms with van der Waals surface area (Å²) in [6, 6.07) is 6.73. The van der Waals surface area contributed by atoms with Crippen molar-refractivity contribution in [3.63, 3.8) is 0 Å². The van der Waals surface area contributed by atoms with Gasteiger partial charge in [0.05, 0.1) is 23.0 Å². The summed E-state index contributed by atoms with van der Waals surface area (Å²) in [6.07, 6.45) is 2.16. The Balaban J connectivity index is 2.65. The Kier molecular flexibility index (Phi) is 4.67. The maximum Gasteiger partial charge on any atom is 0.113 e. The molecule has 0 saturated heterocycles. The first-order chi connectivity index (χ1) is 10.0. The van der Waals surface area contributed by atoms with Gasteiger partial charge in [-0.2, -0.15) is 5.26 Å². The van der Waals surface area contributed by atoms with Gasteiger partial charge in [-0.25, -0.2) is 4.98 Å². The molecule has 3 heteroatoms. The van der Waals surface area contributed by atoms with E-state index in [1.807, 2.05) is 6.92 Å². The van der Waals surface area contributed by atoms with Crippen molar-refractivity contribution in [3.05, 3.63) is 29.1 Å². The number of rotatable bonds is 5. The van der Waals surface area contributed by atoms with Crippen molar-refractivity contribution in [1.29, 1.82) is 5.26 Å². The highest BCUT2D eigenvalue weighted by molar-refractivity contribution is 5.78. The van der Waals surface area contributed by atoms with Crippen LogP contribution in [0.4, 0.5) is 0 Å². The molecule has 0 N–H and O–H groups in total. The molecule has 1 aromatic heterocycles. The number of hydrogen-bond acceptors (Lipinski definition) is 2. The van der Waals surface area contributed by atoms with Crippen molar-refractivity contribution in [3.8, 4) is 6.07 Å². The van der Waals surface area contributed by atoms with Crippen LogP contribution in [-0.4, -0.2) is 9.55 Å². The van der Waals surface area contributed by atoms with Gasteiger partial charge in [-0.3, -0.25) is 0 Å². The molecule has 0 amide bonds. The van der Waals surface area contributed by atoms with Gasteiger partial charge in [0.25, 0.3) is 0 Å². The zero-order valence-electron chi connectivity index (χ0n) is 13.8. The minimum atomic E-state index is -0.00267. The number of nitrogens with zero attached hydrogens (tertiary/aromatic N) is 3. The van der Waals surface area contributed by atoms with E-state index in [1.165, 1.54) is 16.6 Å². The summed E-state index contributed by atoms with van der Waals surface area (Å²) in [5.74, 6) is 1.60. The summed E-state index contributed by atoms with van der Waals surface area (Å²) in [6.45, 7) is 11.4. The van der Waals surface area contributed by atoms with E-state index >= 15 is 0 Å². The number of aryl methyl sites for hydroxylation is 2. The first-order valence-electron chi connectivity index (χ1n) is 7.88. The average molecular weight is 283 g/mol. The lowest BCUT2D eigenvalue weighted by molar-refractivity contribution is 0.516. The van der Waals surface area contributed by atoms with E-state index in [0.29, 0.717) is 5.92 Å². The highest BCUT2D eigenvalue weighted by Crippen LogP contribution is 2.29. The van der Waals surface area contributed by atoms with Crippen molar-refractivity contribution in [2.24, 2.45) is 5.92 Å². The van der Waals surface area contributed by atoms with Gasteiger partial charge >= 0.3 is 0 Å². The van der Waals surface area contributed by atoms with Gasteiger partial charge in [0.15, 0.2) is 0 Å². The molecule has 21 heavy (non-hydrogen) atoms. The monoisotopic (exact) mass is 283 g/mol.